The van der Waals surface area contributed by atoms with Crippen molar-refractivity contribution >= 4 is 11.8 Å². The lowest BCUT2D eigenvalue weighted by atomic mass is 10.2. The van der Waals surface area contributed by atoms with Crippen LogP contribution >= 0.6 is 0 Å². The molecule has 11 heavy (non-hydrogen) atoms. The van der Waals surface area contributed by atoms with Crippen LogP contribution in [-0.2, 0) is 9.59 Å². The predicted octanol–water partition coefficient (Wildman–Crippen LogP) is 0.00210. The summed E-state index contributed by atoms with van der Waals surface area (Å²) in [5, 5.41) is 2.74. The predicted molar refractivity (Wildman–Crippen MR) is 39.4 cm³/mol. The molecule has 0 radical (unpaired) electrons. The van der Waals surface area contributed by atoms with Crippen LogP contribution in [0.3, 0.4) is 0 Å². The van der Waals surface area contributed by atoms with E-state index in [1.54, 1.807) is 14.1 Å². The van der Waals surface area contributed by atoms with Gasteiger partial charge in [-0.25, -0.2) is 0 Å². The zero-order valence-electron chi connectivity index (χ0n) is 6.83. The van der Waals surface area contributed by atoms with Crippen LogP contribution in [0, 0.1) is 0 Å². The summed E-state index contributed by atoms with van der Waals surface area (Å²) in [7, 11) is 3.23. The SMILES string of the molecule is CN1C(=O)CCCC(=O)N1C. The van der Waals surface area contributed by atoms with Gasteiger partial charge in [-0.15, -0.1) is 0 Å². The lowest BCUT2D eigenvalue weighted by molar-refractivity contribution is -0.154. The molecule has 1 aliphatic heterocycles. The van der Waals surface area contributed by atoms with Crippen molar-refractivity contribution in [3.63, 3.8) is 0 Å². The zero-order valence-corrected chi connectivity index (χ0v) is 6.83. The Morgan fingerprint density at radius 1 is 1.00 bits per heavy atom. The van der Waals surface area contributed by atoms with Gasteiger partial charge < -0.3 is 0 Å². The van der Waals surface area contributed by atoms with Crippen LogP contribution in [0.25, 0.3) is 0 Å². The van der Waals surface area contributed by atoms with E-state index < -0.39 is 0 Å². The van der Waals surface area contributed by atoms with E-state index in [-0.39, 0.29) is 11.8 Å². The van der Waals surface area contributed by atoms with Crippen LogP contribution in [0.4, 0.5) is 0 Å². The van der Waals surface area contributed by atoms with Crippen molar-refractivity contribution in [3.8, 4) is 0 Å². The smallest absolute Gasteiger partial charge is 0.240 e. The summed E-state index contributed by atoms with van der Waals surface area (Å²) < 4.78 is 0. The molecule has 0 bridgehead atoms. The molecule has 1 aliphatic rings. The minimum Gasteiger partial charge on any atom is -0.273 e. The lowest BCUT2D eigenvalue weighted by Crippen LogP contribution is -2.42. The number of nitrogens with zero attached hydrogens (tertiary/aromatic N) is 2. The van der Waals surface area contributed by atoms with Crippen molar-refractivity contribution in [2.24, 2.45) is 0 Å². The monoisotopic (exact) mass is 156 g/mol. The summed E-state index contributed by atoms with van der Waals surface area (Å²) in [6.45, 7) is 0. The topological polar surface area (TPSA) is 40.6 Å². The van der Waals surface area contributed by atoms with Gasteiger partial charge in [0.05, 0.1) is 0 Å². The summed E-state index contributed by atoms with van der Waals surface area (Å²) in [5.41, 5.74) is 0. The fraction of sp³-hybridized carbons (Fsp3) is 0.714. The number of hydrogen-bond donors (Lipinski definition) is 0. The third-order valence-electron chi connectivity index (χ3n) is 1.95. The molecule has 1 fully saturated rings. The van der Waals surface area contributed by atoms with Gasteiger partial charge in [0.15, 0.2) is 0 Å². The Hall–Kier alpha value is -1.06. The number of rotatable bonds is 0. The number of carbonyl (C=O) groups excluding carboxylic acids is 2. The van der Waals surface area contributed by atoms with Gasteiger partial charge in [-0.2, -0.15) is 0 Å². The molecule has 0 N–H and O–H groups in total. The van der Waals surface area contributed by atoms with Crippen molar-refractivity contribution in [3.05, 3.63) is 0 Å². The van der Waals surface area contributed by atoms with E-state index in [1.807, 2.05) is 0 Å². The molecular weight excluding hydrogens is 144 g/mol. The number of amides is 2. The second kappa shape index (κ2) is 2.90. The van der Waals surface area contributed by atoms with Gasteiger partial charge in [-0.1, -0.05) is 0 Å². The molecule has 0 aliphatic carbocycles. The molecule has 0 aromatic carbocycles. The molecular formula is C7H12N2O2. The van der Waals surface area contributed by atoms with Crippen molar-refractivity contribution < 1.29 is 9.59 Å². The second-order valence-corrected chi connectivity index (χ2v) is 2.69. The maximum Gasteiger partial charge on any atom is 0.240 e. The Morgan fingerprint density at radius 2 is 1.36 bits per heavy atom. The minimum atomic E-state index is 0.0124. The summed E-state index contributed by atoms with van der Waals surface area (Å²) in [6.07, 6.45) is 1.63. The van der Waals surface area contributed by atoms with E-state index in [1.165, 1.54) is 10.0 Å². The first kappa shape index (κ1) is 8.04. The Kier molecular flexibility index (Phi) is 2.12. The van der Waals surface area contributed by atoms with Crippen molar-refractivity contribution in [1.29, 1.82) is 0 Å². The molecule has 0 atom stereocenters. The minimum absolute atomic E-state index is 0.0124. The standard InChI is InChI=1S/C7H12N2O2/c1-8-6(10)4-3-5-7(11)9(8)2/h3-5H2,1-2H3. The second-order valence-electron chi connectivity index (χ2n) is 2.69. The third-order valence-corrected chi connectivity index (χ3v) is 1.95. The highest BCUT2D eigenvalue weighted by atomic mass is 16.2. The summed E-state index contributed by atoms with van der Waals surface area (Å²) >= 11 is 0. The first-order valence-corrected chi connectivity index (χ1v) is 3.66. The largest absolute Gasteiger partial charge is 0.273 e. The molecule has 0 aromatic heterocycles. The van der Waals surface area contributed by atoms with Crippen molar-refractivity contribution in [2.75, 3.05) is 14.1 Å². The van der Waals surface area contributed by atoms with Crippen LogP contribution in [0.2, 0.25) is 0 Å². The van der Waals surface area contributed by atoms with Gasteiger partial charge in [0.25, 0.3) is 0 Å². The number of hydrogen-bond acceptors (Lipinski definition) is 2. The molecule has 0 saturated carbocycles. The van der Waals surface area contributed by atoms with Gasteiger partial charge in [0.1, 0.15) is 0 Å². The van der Waals surface area contributed by atoms with Crippen molar-refractivity contribution in [2.45, 2.75) is 19.3 Å². The first-order valence-electron chi connectivity index (χ1n) is 3.66. The maximum absolute atomic E-state index is 11.1. The molecule has 0 unspecified atom stereocenters. The Balaban J connectivity index is 2.73. The van der Waals surface area contributed by atoms with E-state index in [2.05, 4.69) is 0 Å². The van der Waals surface area contributed by atoms with E-state index in [0.717, 1.165) is 0 Å². The molecule has 2 amide bonds. The van der Waals surface area contributed by atoms with Crippen LogP contribution in [0.1, 0.15) is 19.3 Å². The number of hydrazine groups is 1. The quantitative estimate of drug-likeness (QED) is 0.495. The Labute approximate surface area is 65.7 Å². The Morgan fingerprint density at radius 3 is 1.73 bits per heavy atom. The van der Waals surface area contributed by atoms with E-state index in [0.29, 0.717) is 19.3 Å². The summed E-state index contributed by atoms with van der Waals surface area (Å²) in [5.74, 6) is 0.0247. The average Bonchev–Trinajstić information content (AvgIpc) is 2.07. The molecule has 1 saturated heterocycles. The van der Waals surface area contributed by atoms with Gasteiger partial charge in [-0.3, -0.25) is 19.6 Å². The zero-order chi connectivity index (χ0) is 8.43. The average molecular weight is 156 g/mol. The summed E-state index contributed by atoms with van der Waals surface area (Å²) in [6, 6.07) is 0. The normalized spacial score (nSPS) is 20.5. The van der Waals surface area contributed by atoms with Crippen LogP contribution in [0.15, 0.2) is 0 Å². The van der Waals surface area contributed by atoms with Gasteiger partial charge in [0.2, 0.25) is 11.8 Å². The Bertz CT molecular complexity index is 171. The fourth-order valence-electron chi connectivity index (χ4n) is 1.05. The number of carbonyl (C=O) groups is 2. The molecule has 4 heteroatoms. The highest BCUT2D eigenvalue weighted by Gasteiger charge is 2.22. The van der Waals surface area contributed by atoms with Gasteiger partial charge >= 0.3 is 0 Å². The van der Waals surface area contributed by atoms with E-state index in [9.17, 15) is 9.59 Å². The van der Waals surface area contributed by atoms with Crippen LogP contribution < -0.4 is 0 Å². The fourth-order valence-corrected chi connectivity index (χ4v) is 1.05. The molecule has 0 aromatic rings. The molecule has 1 heterocycles. The van der Waals surface area contributed by atoms with Crippen molar-refractivity contribution in [1.82, 2.24) is 10.0 Å². The highest BCUT2D eigenvalue weighted by Crippen LogP contribution is 2.09. The summed E-state index contributed by atoms with van der Waals surface area (Å²) in [4.78, 5) is 22.2. The van der Waals surface area contributed by atoms with E-state index >= 15 is 0 Å². The molecule has 0 spiro atoms. The molecule has 62 valence electrons. The lowest BCUT2D eigenvalue weighted by Gasteiger charge is -2.25. The first-order chi connectivity index (χ1) is 5.13. The maximum atomic E-state index is 11.1. The molecule has 1 rings (SSSR count). The van der Waals surface area contributed by atoms with Crippen LogP contribution in [0.5, 0.6) is 0 Å². The van der Waals surface area contributed by atoms with Gasteiger partial charge in [0, 0.05) is 26.9 Å². The molecule has 4 nitrogen and oxygen atoms in total. The van der Waals surface area contributed by atoms with E-state index in [4.69, 9.17) is 0 Å². The van der Waals surface area contributed by atoms with Gasteiger partial charge in [-0.05, 0) is 6.42 Å². The highest BCUT2D eigenvalue weighted by molar-refractivity contribution is 5.84. The van der Waals surface area contributed by atoms with Crippen LogP contribution in [-0.4, -0.2) is 35.9 Å². The third kappa shape index (κ3) is 1.50.